The molecule has 0 N–H and O–H groups in total. The van der Waals surface area contributed by atoms with Crippen molar-refractivity contribution in [3.8, 4) is 17.2 Å². The Bertz CT molecular complexity index is 2420. The SMILES string of the molecule is C.CCCCCCCCCCCCCCCCCCOC(=O)CCc1ccc(OP(Oc2ccc(CCC(=O)OCCCCCCCCCCCCCCCCCC)cc2C2CCCCC2)Oc2ccc(CCC(=O)OCCCCCCCCCCCCCCCCCC)cc2C2CCCCC2)c(C2CCCCC2)c1. The van der Waals surface area contributed by atoms with E-state index < -0.39 is 8.60 Å². The van der Waals surface area contributed by atoms with Crippen molar-refractivity contribution in [3.63, 3.8) is 0 Å². The monoisotopic (exact) mass is 1550 g/mol. The fraction of sp³-hybridized carbons (Fsp3) is 0.790. The van der Waals surface area contributed by atoms with Crippen LogP contribution in [-0.2, 0) is 47.9 Å². The van der Waals surface area contributed by atoms with Gasteiger partial charge in [-0.1, -0.05) is 411 Å². The molecule has 0 spiro atoms. The van der Waals surface area contributed by atoms with E-state index in [1.807, 2.05) is 0 Å². The van der Waals surface area contributed by atoms with Crippen molar-refractivity contribution in [2.45, 2.75) is 489 Å². The zero-order chi connectivity index (χ0) is 76.8. The predicted octanol–water partition coefficient (Wildman–Crippen LogP) is 32.4. The summed E-state index contributed by atoms with van der Waals surface area (Å²) in [5.74, 6) is 2.96. The molecule has 3 saturated carbocycles. The van der Waals surface area contributed by atoms with Crippen molar-refractivity contribution >= 4 is 26.5 Å². The molecular formula is C100H169O9P. The number of carbonyl (C=O) groups is 3. The van der Waals surface area contributed by atoms with Crippen LogP contribution in [0.5, 0.6) is 17.2 Å². The van der Waals surface area contributed by atoms with Crippen molar-refractivity contribution in [1.29, 1.82) is 0 Å². The molecule has 10 heteroatoms. The van der Waals surface area contributed by atoms with Gasteiger partial charge in [0.05, 0.1) is 19.8 Å². The maximum absolute atomic E-state index is 13.3. The summed E-state index contributed by atoms with van der Waals surface area (Å²) in [4.78, 5) is 40.0. The zero-order valence-corrected chi connectivity index (χ0v) is 71.9. The van der Waals surface area contributed by atoms with Crippen molar-refractivity contribution in [3.05, 3.63) is 88.0 Å². The molecule has 0 radical (unpaired) electrons. The highest BCUT2D eigenvalue weighted by molar-refractivity contribution is 7.43. The van der Waals surface area contributed by atoms with E-state index in [0.29, 0.717) is 76.1 Å². The second-order valence-electron chi connectivity index (χ2n) is 34.2. The Morgan fingerprint density at radius 2 is 0.464 bits per heavy atom. The highest BCUT2D eigenvalue weighted by Gasteiger charge is 2.31. The first-order valence-electron chi connectivity index (χ1n) is 47.5. The van der Waals surface area contributed by atoms with E-state index >= 15 is 0 Å². The van der Waals surface area contributed by atoms with Gasteiger partial charge in [-0.2, -0.15) is 0 Å². The molecule has 0 saturated heterocycles. The number of rotatable bonds is 69. The second kappa shape index (κ2) is 66.1. The predicted molar refractivity (Wildman–Crippen MR) is 469 cm³/mol. The van der Waals surface area contributed by atoms with Crippen LogP contribution in [-0.4, -0.2) is 37.7 Å². The number of ether oxygens (including phenoxy) is 3. The zero-order valence-electron chi connectivity index (χ0n) is 71.0. The van der Waals surface area contributed by atoms with Gasteiger partial charge in [0.15, 0.2) is 0 Å². The molecule has 110 heavy (non-hydrogen) atoms. The Hall–Kier alpha value is -4.10. The molecule has 3 aliphatic rings. The largest absolute Gasteiger partial charge is 0.530 e. The molecule has 628 valence electrons. The van der Waals surface area contributed by atoms with Gasteiger partial charge in [0, 0.05) is 19.3 Å². The molecule has 3 aromatic carbocycles. The third-order valence-corrected chi connectivity index (χ3v) is 25.5. The smallest absolute Gasteiger partial charge is 0.466 e. The minimum absolute atomic E-state index is 0. The number of unbranched alkanes of at least 4 members (excludes halogenated alkanes) is 45. The number of benzene rings is 3. The summed E-state index contributed by atoms with van der Waals surface area (Å²) in [6, 6.07) is 19.7. The van der Waals surface area contributed by atoms with E-state index in [9.17, 15) is 14.4 Å². The van der Waals surface area contributed by atoms with Crippen LogP contribution in [0.4, 0.5) is 0 Å². The fourth-order valence-electron chi connectivity index (χ4n) is 17.5. The van der Waals surface area contributed by atoms with E-state index in [2.05, 4.69) is 75.4 Å². The topological polar surface area (TPSA) is 107 Å². The quantitative estimate of drug-likeness (QED) is 0.0236. The third kappa shape index (κ3) is 45.9. The Kier molecular flexibility index (Phi) is 58.0. The van der Waals surface area contributed by atoms with Gasteiger partial charge in [-0.05, 0) is 146 Å². The Labute approximate surface area is 678 Å². The highest BCUT2D eigenvalue weighted by atomic mass is 31.2. The molecule has 6 rings (SSSR count). The second-order valence-corrected chi connectivity index (χ2v) is 35.2. The molecule has 0 bridgehead atoms. The molecule has 9 nitrogen and oxygen atoms in total. The summed E-state index contributed by atoms with van der Waals surface area (Å²) in [7, 11) is -2.07. The summed E-state index contributed by atoms with van der Waals surface area (Å²) >= 11 is 0. The highest BCUT2D eigenvalue weighted by Crippen LogP contribution is 2.51. The Morgan fingerprint density at radius 3 is 0.664 bits per heavy atom. The number of esters is 3. The molecule has 0 atom stereocenters. The minimum atomic E-state index is -2.07. The number of hydrogen-bond acceptors (Lipinski definition) is 9. The van der Waals surface area contributed by atoms with E-state index in [4.69, 9.17) is 27.8 Å². The Balaban J connectivity index is 0.0000217. The number of hydrogen-bond donors (Lipinski definition) is 0. The molecule has 0 aromatic heterocycles. The van der Waals surface area contributed by atoms with E-state index in [0.717, 1.165) is 111 Å². The summed E-state index contributed by atoms with van der Waals surface area (Å²) in [5.41, 5.74) is 6.89. The molecule has 0 amide bonds. The van der Waals surface area contributed by atoms with Crippen LogP contribution >= 0.6 is 8.60 Å². The normalized spacial score (nSPS) is 14.4. The van der Waals surface area contributed by atoms with Gasteiger partial charge in [0.25, 0.3) is 0 Å². The van der Waals surface area contributed by atoms with Crippen molar-refractivity contribution in [1.82, 2.24) is 0 Å². The molecule has 3 aromatic rings. The van der Waals surface area contributed by atoms with Crippen LogP contribution in [0.2, 0.25) is 0 Å². The van der Waals surface area contributed by atoms with Crippen molar-refractivity contribution < 1.29 is 42.2 Å². The number of carbonyl (C=O) groups excluding carboxylic acids is 3. The molecular weight excluding hydrogens is 1380 g/mol. The van der Waals surface area contributed by atoms with Crippen LogP contribution in [0, 0.1) is 0 Å². The maximum atomic E-state index is 13.3. The first-order chi connectivity index (χ1) is 53.8. The molecule has 0 aliphatic heterocycles. The van der Waals surface area contributed by atoms with Crippen LogP contribution in [0.1, 0.15) is 503 Å². The lowest BCUT2D eigenvalue weighted by molar-refractivity contribution is -0.144. The van der Waals surface area contributed by atoms with Gasteiger partial charge >= 0.3 is 26.5 Å². The van der Waals surface area contributed by atoms with E-state index in [-0.39, 0.29) is 25.3 Å². The van der Waals surface area contributed by atoms with Crippen LogP contribution in [0.15, 0.2) is 54.6 Å². The Morgan fingerprint density at radius 1 is 0.273 bits per heavy atom. The third-order valence-electron chi connectivity index (χ3n) is 24.5. The van der Waals surface area contributed by atoms with Crippen LogP contribution < -0.4 is 13.6 Å². The van der Waals surface area contributed by atoms with E-state index in [1.165, 1.54) is 344 Å². The minimum Gasteiger partial charge on any atom is -0.466 e. The van der Waals surface area contributed by atoms with Gasteiger partial charge in [0.2, 0.25) is 0 Å². The van der Waals surface area contributed by atoms with E-state index in [1.54, 1.807) is 0 Å². The summed E-state index contributed by atoms with van der Waals surface area (Å²) < 4.78 is 39.6. The lowest BCUT2D eigenvalue weighted by atomic mass is 9.83. The summed E-state index contributed by atoms with van der Waals surface area (Å²) in [5, 5.41) is 0. The summed E-state index contributed by atoms with van der Waals surface area (Å²) in [6.45, 7) is 8.38. The standard InChI is InChI=1S/C99H165O9P.CH4/c1-4-7-10-13-16-19-22-25-28-31-34-37-40-43-46-58-79-103-97(100)76-70-85-67-73-94(91(82-85)88-61-52-49-53-62-88)106-109(107-95-74-68-86(83-92(95)89-63-54-50-55-64-89)71-77-98(101)104-80-59-47-44-41-38-35-32-29-26-23-20-17-14-11-8-5-2)108-96-75-69-87(84-93(96)90-65-56-51-57-66-90)72-78-99(102)105-81-60-48-45-42-39-36-33-30-27-24-21-18-15-12-9-6-3;/h67-69,73-75,82-84,88-90H,4-66,70-72,76-81H2,1-3H3;1H4. The first-order valence-corrected chi connectivity index (χ1v) is 48.6. The van der Waals surface area contributed by atoms with Gasteiger partial charge in [-0.15, -0.1) is 0 Å². The van der Waals surface area contributed by atoms with Gasteiger partial charge < -0.3 is 27.8 Å². The van der Waals surface area contributed by atoms with Crippen LogP contribution in [0.25, 0.3) is 0 Å². The summed E-state index contributed by atoms with van der Waals surface area (Å²) in [6.07, 6.45) is 83.6. The molecule has 0 unspecified atom stereocenters. The average Bonchev–Trinajstić information content (AvgIpc) is 0.803. The van der Waals surface area contributed by atoms with Crippen molar-refractivity contribution in [2.24, 2.45) is 0 Å². The van der Waals surface area contributed by atoms with Gasteiger partial charge in [0.1, 0.15) is 17.2 Å². The van der Waals surface area contributed by atoms with Crippen LogP contribution in [0.3, 0.4) is 0 Å². The van der Waals surface area contributed by atoms with Gasteiger partial charge in [-0.3, -0.25) is 14.4 Å². The lowest BCUT2D eigenvalue weighted by Gasteiger charge is -2.29. The van der Waals surface area contributed by atoms with Crippen molar-refractivity contribution in [2.75, 3.05) is 19.8 Å². The molecule has 3 aliphatic carbocycles. The van der Waals surface area contributed by atoms with Gasteiger partial charge in [-0.25, -0.2) is 0 Å². The maximum Gasteiger partial charge on any atom is 0.530 e. The number of aryl methyl sites for hydroxylation is 3. The average molecular weight is 1550 g/mol. The lowest BCUT2D eigenvalue weighted by Crippen LogP contribution is -2.13. The first kappa shape index (κ1) is 96.5. The molecule has 3 fully saturated rings. The fourth-order valence-corrected chi connectivity index (χ4v) is 18.6. The molecule has 0 heterocycles.